The molecular formula is C25H29N5O3S. The van der Waals surface area contributed by atoms with Crippen LogP contribution >= 0.6 is 11.3 Å². The van der Waals surface area contributed by atoms with E-state index in [9.17, 15) is 14.4 Å². The number of hydrogen-bond acceptors (Lipinski definition) is 5. The van der Waals surface area contributed by atoms with Gasteiger partial charge in [-0.25, -0.2) is 0 Å². The Morgan fingerprint density at radius 1 is 1.09 bits per heavy atom. The van der Waals surface area contributed by atoms with Crippen LogP contribution in [0.5, 0.6) is 0 Å². The number of aryl methyl sites for hydroxylation is 1. The fourth-order valence-electron chi connectivity index (χ4n) is 4.14. The highest BCUT2D eigenvalue weighted by molar-refractivity contribution is 7.12. The Morgan fingerprint density at radius 3 is 2.50 bits per heavy atom. The molecule has 1 unspecified atom stereocenters. The van der Waals surface area contributed by atoms with Crippen molar-refractivity contribution < 1.29 is 14.4 Å². The number of nitrogens with zero attached hydrogens (tertiary/aromatic N) is 3. The standard InChI is InChI=1S/C25H29N5O3S/c1-29-17-20(16-27-29)23(31)26-15-19-9-11-30(12-10-19)25(33)21(14-18-6-3-2-4-7-18)28-24(32)22-8-5-13-34-22/h2-8,13,16-17,19,21H,9-12,14-15H2,1H3,(H,26,31)(H,28,32). The topological polar surface area (TPSA) is 96.3 Å². The highest BCUT2D eigenvalue weighted by Crippen LogP contribution is 2.19. The third kappa shape index (κ3) is 6.11. The lowest BCUT2D eigenvalue weighted by Gasteiger charge is -2.34. The quantitative estimate of drug-likeness (QED) is 0.519. The number of thiophene rings is 1. The van der Waals surface area contributed by atoms with Gasteiger partial charge in [-0.3, -0.25) is 19.1 Å². The number of hydrogen-bond donors (Lipinski definition) is 2. The van der Waals surface area contributed by atoms with E-state index < -0.39 is 6.04 Å². The van der Waals surface area contributed by atoms with E-state index in [4.69, 9.17) is 0 Å². The average molecular weight is 480 g/mol. The summed E-state index contributed by atoms with van der Waals surface area (Å²) in [5, 5.41) is 11.8. The second kappa shape index (κ2) is 11.1. The highest BCUT2D eigenvalue weighted by atomic mass is 32.1. The molecule has 0 bridgehead atoms. The zero-order valence-electron chi connectivity index (χ0n) is 19.1. The fourth-order valence-corrected chi connectivity index (χ4v) is 4.77. The molecule has 1 atom stereocenters. The van der Waals surface area contributed by atoms with Gasteiger partial charge >= 0.3 is 0 Å². The van der Waals surface area contributed by atoms with Gasteiger partial charge in [0.1, 0.15) is 6.04 Å². The molecule has 0 spiro atoms. The minimum absolute atomic E-state index is 0.0633. The predicted molar refractivity (Wildman–Crippen MR) is 131 cm³/mol. The minimum atomic E-state index is -0.626. The summed E-state index contributed by atoms with van der Waals surface area (Å²) in [6.07, 6.45) is 5.28. The number of piperidine rings is 1. The number of carbonyl (C=O) groups excluding carboxylic acids is 3. The van der Waals surface area contributed by atoms with E-state index in [2.05, 4.69) is 15.7 Å². The molecule has 34 heavy (non-hydrogen) atoms. The van der Waals surface area contributed by atoms with Crippen LogP contribution in [0.1, 0.15) is 38.4 Å². The fraction of sp³-hybridized carbons (Fsp3) is 0.360. The lowest BCUT2D eigenvalue weighted by molar-refractivity contribution is -0.134. The summed E-state index contributed by atoms with van der Waals surface area (Å²) in [4.78, 5) is 40.8. The number of aromatic nitrogens is 2. The second-order valence-electron chi connectivity index (χ2n) is 8.57. The van der Waals surface area contributed by atoms with Crippen molar-refractivity contribution in [3.8, 4) is 0 Å². The van der Waals surface area contributed by atoms with E-state index in [0.717, 1.165) is 18.4 Å². The first-order chi connectivity index (χ1) is 16.5. The van der Waals surface area contributed by atoms with Gasteiger partial charge in [0, 0.05) is 39.3 Å². The summed E-state index contributed by atoms with van der Waals surface area (Å²) < 4.78 is 1.60. The van der Waals surface area contributed by atoms with Crippen LogP contribution < -0.4 is 10.6 Å². The first-order valence-corrected chi connectivity index (χ1v) is 12.3. The number of nitrogens with one attached hydrogen (secondary N) is 2. The maximum atomic E-state index is 13.4. The zero-order valence-corrected chi connectivity index (χ0v) is 20.0. The van der Waals surface area contributed by atoms with Gasteiger partial charge in [-0.15, -0.1) is 11.3 Å². The number of carbonyl (C=O) groups is 3. The van der Waals surface area contributed by atoms with Gasteiger partial charge in [0.15, 0.2) is 0 Å². The molecule has 9 heteroatoms. The summed E-state index contributed by atoms with van der Waals surface area (Å²) in [5.74, 6) is -0.118. The van der Waals surface area contributed by atoms with Crippen LogP contribution in [0.25, 0.3) is 0 Å². The normalized spacial score (nSPS) is 15.0. The van der Waals surface area contributed by atoms with Crippen LogP contribution in [-0.4, -0.2) is 58.1 Å². The van der Waals surface area contributed by atoms with Crippen LogP contribution in [-0.2, 0) is 18.3 Å². The van der Waals surface area contributed by atoms with E-state index in [1.165, 1.54) is 11.3 Å². The second-order valence-corrected chi connectivity index (χ2v) is 9.52. The van der Waals surface area contributed by atoms with Crippen LogP contribution in [0.4, 0.5) is 0 Å². The average Bonchev–Trinajstić information content (AvgIpc) is 3.55. The van der Waals surface area contributed by atoms with E-state index in [1.54, 1.807) is 30.2 Å². The summed E-state index contributed by atoms with van der Waals surface area (Å²) in [7, 11) is 1.78. The minimum Gasteiger partial charge on any atom is -0.352 e. The number of rotatable bonds is 8. The van der Waals surface area contributed by atoms with Gasteiger partial charge in [0.25, 0.3) is 11.8 Å². The molecule has 2 aromatic heterocycles. The molecule has 4 rings (SSSR count). The van der Waals surface area contributed by atoms with E-state index in [-0.39, 0.29) is 17.7 Å². The maximum absolute atomic E-state index is 13.4. The lowest BCUT2D eigenvalue weighted by atomic mass is 9.95. The third-order valence-corrected chi connectivity index (χ3v) is 6.94. The van der Waals surface area contributed by atoms with Crippen LogP contribution in [0.3, 0.4) is 0 Å². The van der Waals surface area contributed by atoms with Gasteiger partial charge in [0.05, 0.1) is 16.6 Å². The monoisotopic (exact) mass is 479 g/mol. The van der Waals surface area contributed by atoms with Crippen LogP contribution in [0, 0.1) is 5.92 Å². The molecule has 1 fully saturated rings. The van der Waals surface area contributed by atoms with Gasteiger partial charge in [-0.1, -0.05) is 36.4 Å². The van der Waals surface area contributed by atoms with Crippen LogP contribution in [0.2, 0.25) is 0 Å². The van der Waals surface area contributed by atoms with Crippen molar-refractivity contribution in [3.05, 3.63) is 76.2 Å². The van der Waals surface area contributed by atoms with Crippen molar-refractivity contribution in [2.45, 2.75) is 25.3 Å². The summed E-state index contributed by atoms with van der Waals surface area (Å²) in [6, 6.07) is 12.7. The molecule has 0 saturated carbocycles. The summed E-state index contributed by atoms with van der Waals surface area (Å²) in [5.41, 5.74) is 1.54. The van der Waals surface area contributed by atoms with Gasteiger partial charge in [0.2, 0.25) is 5.91 Å². The molecule has 1 aliphatic rings. The molecular weight excluding hydrogens is 450 g/mol. The molecule has 2 N–H and O–H groups in total. The zero-order chi connectivity index (χ0) is 23.9. The Labute approximate surface area is 203 Å². The Bertz CT molecular complexity index is 1100. The van der Waals surface area contributed by atoms with Crippen molar-refractivity contribution in [3.63, 3.8) is 0 Å². The van der Waals surface area contributed by atoms with Crippen molar-refractivity contribution in [2.75, 3.05) is 19.6 Å². The molecule has 8 nitrogen and oxygen atoms in total. The smallest absolute Gasteiger partial charge is 0.262 e. The first-order valence-electron chi connectivity index (χ1n) is 11.4. The Morgan fingerprint density at radius 2 is 1.85 bits per heavy atom. The maximum Gasteiger partial charge on any atom is 0.262 e. The molecule has 1 aliphatic heterocycles. The van der Waals surface area contributed by atoms with Crippen molar-refractivity contribution in [1.82, 2.24) is 25.3 Å². The number of benzene rings is 1. The molecule has 0 radical (unpaired) electrons. The SMILES string of the molecule is Cn1cc(C(=O)NCC2CCN(C(=O)C(Cc3ccccc3)NC(=O)c3cccs3)CC2)cn1. The van der Waals surface area contributed by atoms with Gasteiger partial charge in [-0.05, 0) is 35.8 Å². The summed E-state index contributed by atoms with van der Waals surface area (Å²) >= 11 is 1.36. The van der Waals surface area contributed by atoms with E-state index >= 15 is 0 Å². The Hall–Kier alpha value is -3.46. The Kier molecular flexibility index (Phi) is 7.74. The first kappa shape index (κ1) is 23.7. The van der Waals surface area contributed by atoms with Gasteiger partial charge < -0.3 is 15.5 Å². The third-order valence-electron chi connectivity index (χ3n) is 6.08. The summed E-state index contributed by atoms with van der Waals surface area (Å²) in [6.45, 7) is 1.77. The van der Waals surface area contributed by atoms with Crippen LogP contribution in [0.15, 0.2) is 60.2 Å². The molecule has 1 saturated heterocycles. The molecule has 3 aromatic rings. The predicted octanol–water partition coefficient (Wildman–Crippen LogP) is 2.49. The number of likely N-dealkylation sites (tertiary alicyclic amines) is 1. The number of amides is 3. The Balaban J connectivity index is 1.33. The molecule has 0 aliphatic carbocycles. The largest absolute Gasteiger partial charge is 0.352 e. The van der Waals surface area contributed by atoms with E-state index in [1.807, 2.05) is 46.7 Å². The van der Waals surface area contributed by atoms with Crippen molar-refractivity contribution >= 4 is 29.1 Å². The van der Waals surface area contributed by atoms with Crippen molar-refractivity contribution in [1.29, 1.82) is 0 Å². The molecule has 3 amide bonds. The van der Waals surface area contributed by atoms with E-state index in [0.29, 0.717) is 42.4 Å². The highest BCUT2D eigenvalue weighted by Gasteiger charge is 2.30. The molecule has 178 valence electrons. The van der Waals surface area contributed by atoms with Gasteiger partial charge in [-0.2, -0.15) is 5.10 Å². The lowest BCUT2D eigenvalue weighted by Crippen LogP contribution is -2.52. The molecule has 3 heterocycles. The molecule has 1 aromatic carbocycles. The van der Waals surface area contributed by atoms with Crippen molar-refractivity contribution in [2.24, 2.45) is 13.0 Å².